The molecule has 1 heterocycles. The van der Waals surface area contributed by atoms with Gasteiger partial charge in [-0.25, -0.2) is 4.39 Å². The van der Waals surface area contributed by atoms with Crippen LogP contribution in [0.5, 0.6) is 5.75 Å². The lowest BCUT2D eigenvalue weighted by Gasteiger charge is -2.24. The fourth-order valence-corrected chi connectivity index (χ4v) is 2.35. The van der Waals surface area contributed by atoms with E-state index in [9.17, 15) is 9.18 Å². The minimum absolute atomic E-state index is 0.0763. The Morgan fingerprint density at radius 2 is 2.09 bits per heavy atom. The molecule has 1 aliphatic rings. The fourth-order valence-electron chi connectivity index (χ4n) is 2.35. The molecular formula is C16H13FN2O3. The van der Waals surface area contributed by atoms with Crippen molar-refractivity contribution in [3.8, 4) is 5.75 Å². The van der Waals surface area contributed by atoms with Gasteiger partial charge in [0.2, 0.25) is 11.8 Å². The van der Waals surface area contributed by atoms with Gasteiger partial charge in [-0.3, -0.25) is 4.79 Å². The van der Waals surface area contributed by atoms with E-state index < -0.39 is 17.6 Å². The van der Waals surface area contributed by atoms with Crippen LogP contribution in [0.25, 0.3) is 0 Å². The predicted octanol–water partition coefficient (Wildman–Crippen LogP) is 2.80. The molecule has 0 saturated carbocycles. The van der Waals surface area contributed by atoms with Gasteiger partial charge >= 0.3 is 0 Å². The van der Waals surface area contributed by atoms with E-state index in [1.165, 1.54) is 18.2 Å². The van der Waals surface area contributed by atoms with E-state index >= 15 is 0 Å². The van der Waals surface area contributed by atoms with Crippen molar-refractivity contribution >= 4 is 17.5 Å². The Morgan fingerprint density at radius 1 is 1.27 bits per heavy atom. The summed E-state index contributed by atoms with van der Waals surface area (Å²) < 4.78 is 18.6. The van der Waals surface area contributed by atoms with Gasteiger partial charge in [-0.1, -0.05) is 29.4 Å². The topological polar surface area (TPSA) is 70.9 Å². The second-order valence-corrected chi connectivity index (χ2v) is 4.90. The van der Waals surface area contributed by atoms with E-state index in [0.29, 0.717) is 17.9 Å². The molecule has 2 aromatic carbocycles. The van der Waals surface area contributed by atoms with Crippen LogP contribution in [0.3, 0.4) is 0 Å². The number of carbonyl (C=O) groups excluding carboxylic acids is 1. The molecule has 0 aliphatic carbocycles. The zero-order chi connectivity index (χ0) is 15.5. The molecule has 112 valence electrons. The Bertz CT molecular complexity index is 746. The number of amides is 1. The van der Waals surface area contributed by atoms with E-state index in [4.69, 9.17) is 9.94 Å². The summed E-state index contributed by atoms with van der Waals surface area (Å²) >= 11 is 0. The Balaban J connectivity index is 1.82. The van der Waals surface area contributed by atoms with E-state index in [0.717, 1.165) is 5.56 Å². The number of ether oxygens (including phenoxy) is 1. The normalized spacial score (nSPS) is 18.4. The van der Waals surface area contributed by atoms with Gasteiger partial charge in [0.05, 0.1) is 0 Å². The van der Waals surface area contributed by atoms with Gasteiger partial charge < -0.3 is 15.3 Å². The van der Waals surface area contributed by atoms with Crippen LogP contribution in [0.1, 0.15) is 5.56 Å². The number of hydrogen-bond acceptors (Lipinski definition) is 4. The molecule has 0 fully saturated rings. The number of fused-ring (bicyclic) bond motifs is 1. The van der Waals surface area contributed by atoms with Crippen LogP contribution in [-0.4, -0.2) is 17.0 Å². The highest BCUT2D eigenvalue weighted by molar-refractivity contribution is 6.07. The Labute approximate surface area is 126 Å². The van der Waals surface area contributed by atoms with Crippen molar-refractivity contribution in [2.24, 2.45) is 11.1 Å². The summed E-state index contributed by atoms with van der Waals surface area (Å²) in [4.78, 5) is 12.4. The minimum atomic E-state index is -0.775. The van der Waals surface area contributed by atoms with Crippen molar-refractivity contribution in [2.75, 3.05) is 5.32 Å². The third-order valence-electron chi connectivity index (χ3n) is 3.42. The maximum Gasteiger partial charge on any atom is 0.243 e. The second-order valence-electron chi connectivity index (χ2n) is 4.90. The maximum atomic E-state index is 13.2. The summed E-state index contributed by atoms with van der Waals surface area (Å²) in [5.74, 6) is -1.16. The number of oxime groups is 1. The molecule has 2 aromatic rings. The first-order chi connectivity index (χ1) is 10.7. The van der Waals surface area contributed by atoms with Crippen LogP contribution in [0.15, 0.2) is 53.7 Å². The third-order valence-corrected chi connectivity index (χ3v) is 3.42. The molecule has 3 rings (SSSR count). The lowest BCUT2D eigenvalue weighted by Crippen LogP contribution is -2.37. The highest BCUT2D eigenvalue weighted by Gasteiger charge is 2.33. The predicted molar refractivity (Wildman–Crippen MR) is 78.5 cm³/mol. The van der Waals surface area contributed by atoms with Crippen molar-refractivity contribution in [3.63, 3.8) is 0 Å². The quantitative estimate of drug-likeness (QED) is 0.662. The molecule has 1 atom stereocenters. The Morgan fingerprint density at radius 3 is 2.86 bits per heavy atom. The van der Waals surface area contributed by atoms with Gasteiger partial charge in [0.1, 0.15) is 17.5 Å². The van der Waals surface area contributed by atoms with Crippen LogP contribution >= 0.6 is 0 Å². The van der Waals surface area contributed by atoms with E-state index in [2.05, 4.69) is 10.5 Å². The van der Waals surface area contributed by atoms with Gasteiger partial charge in [0.15, 0.2) is 0 Å². The summed E-state index contributed by atoms with van der Waals surface area (Å²) in [5, 5.41) is 14.7. The zero-order valence-electron chi connectivity index (χ0n) is 11.5. The molecular weight excluding hydrogens is 287 g/mol. The van der Waals surface area contributed by atoms with Crippen molar-refractivity contribution in [2.45, 2.75) is 6.42 Å². The molecule has 0 bridgehead atoms. The van der Waals surface area contributed by atoms with Crippen LogP contribution in [0.2, 0.25) is 0 Å². The molecule has 1 unspecified atom stereocenters. The van der Waals surface area contributed by atoms with Gasteiger partial charge in [-0.05, 0) is 36.2 Å². The molecule has 0 aromatic heterocycles. The first-order valence-electron chi connectivity index (χ1n) is 6.71. The zero-order valence-corrected chi connectivity index (χ0v) is 11.5. The largest absolute Gasteiger partial charge is 0.439 e. The molecule has 0 saturated heterocycles. The summed E-state index contributed by atoms with van der Waals surface area (Å²) in [6.07, 6.45) is 0.344. The van der Waals surface area contributed by atoms with Crippen molar-refractivity contribution < 1.29 is 19.1 Å². The Hall–Kier alpha value is -2.89. The SMILES string of the molecule is O=C(Nc1cccc(F)c1)C1Cc2ccccc2O/C1=N\O. The molecule has 1 amide bonds. The number of nitrogens with zero attached hydrogens (tertiary/aromatic N) is 1. The molecule has 0 radical (unpaired) electrons. The summed E-state index contributed by atoms with van der Waals surface area (Å²) in [5.41, 5.74) is 1.18. The first kappa shape index (κ1) is 14.1. The van der Waals surface area contributed by atoms with Gasteiger partial charge in [-0.2, -0.15) is 0 Å². The molecule has 0 spiro atoms. The Kier molecular flexibility index (Phi) is 3.74. The molecule has 1 aliphatic heterocycles. The smallest absolute Gasteiger partial charge is 0.243 e. The summed E-state index contributed by atoms with van der Waals surface area (Å²) in [6.45, 7) is 0. The number of hydrogen-bond donors (Lipinski definition) is 2. The number of anilines is 1. The van der Waals surface area contributed by atoms with Crippen molar-refractivity contribution in [1.29, 1.82) is 0 Å². The molecule has 22 heavy (non-hydrogen) atoms. The monoisotopic (exact) mass is 300 g/mol. The number of rotatable bonds is 2. The molecule has 6 heteroatoms. The van der Waals surface area contributed by atoms with Gasteiger partial charge in [0, 0.05) is 5.69 Å². The number of benzene rings is 2. The van der Waals surface area contributed by atoms with Gasteiger partial charge in [0.25, 0.3) is 0 Å². The lowest BCUT2D eigenvalue weighted by molar-refractivity contribution is -0.118. The second kappa shape index (κ2) is 5.85. The van der Waals surface area contributed by atoms with Crippen LogP contribution in [0, 0.1) is 11.7 Å². The third kappa shape index (κ3) is 2.76. The number of carbonyl (C=O) groups is 1. The maximum absolute atomic E-state index is 13.2. The molecule has 5 nitrogen and oxygen atoms in total. The lowest BCUT2D eigenvalue weighted by atomic mass is 9.95. The fraction of sp³-hybridized carbons (Fsp3) is 0.125. The van der Waals surface area contributed by atoms with E-state index in [1.54, 1.807) is 18.2 Å². The van der Waals surface area contributed by atoms with Crippen LogP contribution < -0.4 is 10.1 Å². The van der Waals surface area contributed by atoms with Crippen molar-refractivity contribution in [3.05, 3.63) is 59.9 Å². The molecule has 2 N–H and O–H groups in total. The number of halogens is 1. The van der Waals surface area contributed by atoms with Gasteiger partial charge in [-0.15, -0.1) is 0 Å². The number of para-hydroxylation sites is 1. The average molecular weight is 300 g/mol. The van der Waals surface area contributed by atoms with E-state index in [-0.39, 0.29) is 5.90 Å². The highest BCUT2D eigenvalue weighted by Crippen LogP contribution is 2.29. The highest BCUT2D eigenvalue weighted by atomic mass is 19.1. The van der Waals surface area contributed by atoms with E-state index in [1.807, 2.05) is 12.1 Å². The standard InChI is InChI=1S/C16H13FN2O3/c17-11-5-3-6-12(9-11)18-15(20)13-8-10-4-1-2-7-14(10)22-16(13)19-21/h1-7,9,13,21H,8H2,(H,18,20)/b19-16-. The minimum Gasteiger partial charge on any atom is -0.439 e. The number of nitrogens with one attached hydrogen (secondary N) is 1. The van der Waals surface area contributed by atoms with Crippen molar-refractivity contribution in [1.82, 2.24) is 0 Å². The van der Waals surface area contributed by atoms with Crippen LogP contribution in [-0.2, 0) is 11.2 Å². The van der Waals surface area contributed by atoms with Crippen LogP contribution in [0.4, 0.5) is 10.1 Å². The average Bonchev–Trinajstić information content (AvgIpc) is 2.53. The first-order valence-corrected chi connectivity index (χ1v) is 6.71. The summed E-state index contributed by atoms with van der Waals surface area (Å²) in [6, 6.07) is 12.8. The summed E-state index contributed by atoms with van der Waals surface area (Å²) in [7, 11) is 0.